The lowest BCUT2D eigenvalue weighted by atomic mass is 9.93. The normalized spacial score (nSPS) is 22.2. The quantitative estimate of drug-likeness (QED) is 0.391. The summed E-state index contributed by atoms with van der Waals surface area (Å²) in [6.07, 6.45) is 9.95. The fraction of sp³-hybridized carbons (Fsp3) is 0.400. The fourth-order valence-corrected chi connectivity index (χ4v) is 5.64. The van der Waals surface area contributed by atoms with Gasteiger partial charge in [-0.2, -0.15) is 4.99 Å². The first kappa shape index (κ1) is 27.9. The molecule has 0 atom stereocenters. The molecule has 0 spiro atoms. The predicted molar refractivity (Wildman–Crippen MR) is 160 cm³/mol. The Balaban J connectivity index is 1.16. The molecule has 1 saturated carbocycles. The first-order chi connectivity index (χ1) is 20.4. The summed E-state index contributed by atoms with van der Waals surface area (Å²) < 4.78 is 5.35. The van der Waals surface area contributed by atoms with E-state index < -0.39 is 0 Å². The van der Waals surface area contributed by atoms with Gasteiger partial charge in [0.1, 0.15) is 11.5 Å². The molecule has 1 radical (unpaired) electrons. The van der Waals surface area contributed by atoms with Crippen molar-refractivity contribution >= 4 is 35.0 Å². The number of nitrogens with one attached hydrogen (secondary N) is 3. The molecule has 1 aromatic heterocycles. The molecule has 1 aromatic carbocycles. The summed E-state index contributed by atoms with van der Waals surface area (Å²) in [6.45, 7) is 4.79. The van der Waals surface area contributed by atoms with E-state index in [4.69, 9.17) is 4.74 Å². The standard InChI is InChI=1S/C30H36N8O4/c1-20-24(35-30(41)33-22-6-8-23(39)9-7-22)3-2-4-26(20)38-18-25(28-31-11-12-37(28)19-38)34-27-10-5-21(17-32-27)29(40)36-13-15-42-16-14-36/h2-5,10-12,17-18,22-23,39H,6-9,13-16,19H2,1H3,(H,32,34)(H2,33,35,41)/q+1. The van der Waals surface area contributed by atoms with Gasteiger partial charge in [-0.1, -0.05) is 11.0 Å². The lowest BCUT2D eigenvalue weighted by Crippen LogP contribution is -2.46. The number of rotatable bonds is 6. The molecular weight excluding hydrogens is 536 g/mol. The van der Waals surface area contributed by atoms with E-state index in [-0.39, 0.29) is 24.1 Å². The van der Waals surface area contributed by atoms with E-state index in [0.29, 0.717) is 57.2 Å². The molecule has 12 heteroatoms. The number of pyridine rings is 1. The number of amides is 3. The molecule has 2 fully saturated rings. The fourth-order valence-electron chi connectivity index (χ4n) is 5.64. The van der Waals surface area contributed by atoms with Crippen LogP contribution in [-0.4, -0.2) is 77.9 Å². The van der Waals surface area contributed by atoms with E-state index >= 15 is 0 Å². The SMILES string of the molecule is Cc1c(NC(=O)NC2CCC(O)CC2)cccc1N1C=C(Nc2ccc(C(=O)N3CCOCC3)cn2)C2=NC=C[N+]2C1. The van der Waals surface area contributed by atoms with E-state index in [0.717, 1.165) is 41.3 Å². The first-order valence-corrected chi connectivity index (χ1v) is 14.4. The van der Waals surface area contributed by atoms with Gasteiger partial charge in [-0.05, 0) is 62.4 Å². The molecule has 12 nitrogen and oxygen atoms in total. The number of ether oxygens (including phenoxy) is 1. The number of nitrogens with zero attached hydrogens (tertiary/aromatic N) is 5. The van der Waals surface area contributed by atoms with Crippen LogP contribution in [-0.2, 0) is 4.74 Å². The van der Waals surface area contributed by atoms with Crippen molar-refractivity contribution in [3.8, 4) is 0 Å². The minimum absolute atomic E-state index is 0.0499. The Kier molecular flexibility index (Phi) is 8.17. The molecule has 4 N–H and O–H groups in total. The van der Waals surface area contributed by atoms with Gasteiger partial charge in [0.15, 0.2) is 6.20 Å². The molecule has 4 heterocycles. The van der Waals surface area contributed by atoms with Crippen molar-refractivity contribution in [1.82, 2.24) is 20.1 Å². The molecule has 4 aliphatic rings. The maximum absolute atomic E-state index is 12.8. The number of morpholine rings is 1. The van der Waals surface area contributed by atoms with Gasteiger partial charge in [0, 0.05) is 37.2 Å². The highest BCUT2D eigenvalue weighted by atomic mass is 16.5. The van der Waals surface area contributed by atoms with Crippen LogP contribution in [0.2, 0.25) is 0 Å². The lowest BCUT2D eigenvalue weighted by Gasteiger charge is -2.28. The van der Waals surface area contributed by atoms with Gasteiger partial charge < -0.3 is 30.7 Å². The number of hydrogen-bond donors (Lipinski definition) is 4. The van der Waals surface area contributed by atoms with Gasteiger partial charge in [-0.3, -0.25) is 9.69 Å². The summed E-state index contributed by atoms with van der Waals surface area (Å²) in [5.41, 5.74) is 3.87. The third-order valence-electron chi connectivity index (χ3n) is 8.01. The second-order valence-electron chi connectivity index (χ2n) is 10.9. The highest BCUT2D eigenvalue weighted by Gasteiger charge is 2.37. The molecule has 2 aromatic rings. The van der Waals surface area contributed by atoms with E-state index in [1.807, 2.05) is 42.4 Å². The molecular formula is C30H36N8O4+. The van der Waals surface area contributed by atoms with Crippen molar-refractivity contribution in [3.05, 3.63) is 72.0 Å². The van der Waals surface area contributed by atoms with Crippen LogP contribution in [0.25, 0.3) is 0 Å². The molecule has 3 amide bonds. The molecule has 3 aliphatic heterocycles. The number of hydrogen-bond acceptors (Lipinski definition) is 9. The number of aliphatic hydroxyl groups is 1. The van der Waals surface area contributed by atoms with Crippen molar-refractivity contribution in [2.45, 2.75) is 44.8 Å². The smallest absolute Gasteiger partial charge is 0.319 e. The van der Waals surface area contributed by atoms with Crippen LogP contribution in [0.15, 0.2) is 65.8 Å². The van der Waals surface area contributed by atoms with Crippen LogP contribution < -0.4 is 25.8 Å². The number of urea groups is 1. The predicted octanol–water partition coefficient (Wildman–Crippen LogP) is 3.04. The average molecular weight is 573 g/mol. The van der Waals surface area contributed by atoms with E-state index in [1.165, 1.54) is 0 Å². The first-order valence-electron chi connectivity index (χ1n) is 14.4. The average Bonchev–Trinajstić information content (AvgIpc) is 3.49. The summed E-state index contributed by atoms with van der Waals surface area (Å²) in [4.78, 5) is 40.5. The summed E-state index contributed by atoms with van der Waals surface area (Å²) in [6, 6.07) is 9.22. The van der Waals surface area contributed by atoms with E-state index in [9.17, 15) is 14.7 Å². The van der Waals surface area contributed by atoms with Crippen molar-refractivity contribution in [3.63, 3.8) is 0 Å². The summed E-state index contributed by atoms with van der Waals surface area (Å²) in [7, 11) is 0. The van der Waals surface area contributed by atoms with Gasteiger partial charge in [-0.15, -0.1) is 0 Å². The zero-order valence-corrected chi connectivity index (χ0v) is 23.6. The Morgan fingerprint density at radius 1 is 1.10 bits per heavy atom. The monoisotopic (exact) mass is 572 g/mol. The lowest BCUT2D eigenvalue weighted by molar-refractivity contribution is 0.0302. The summed E-state index contributed by atoms with van der Waals surface area (Å²) in [5, 5.41) is 19.2. The minimum Gasteiger partial charge on any atom is -0.393 e. The zero-order valence-electron chi connectivity index (χ0n) is 23.6. The van der Waals surface area contributed by atoms with Gasteiger partial charge in [0.05, 0.1) is 36.8 Å². The zero-order chi connectivity index (χ0) is 29.1. The number of aliphatic imine (C=N–C) groups is 1. The number of fused-ring (bicyclic) bond motifs is 1. The molecule has 1 aliphatic carbocycles. The largest absolute Gasteiger partial charge is 0.393 e. The van der Waals surface area contributed by atoms with Crippen LogP contribution in [0, 0.1) is 6.92 Å². The van der Waals surface area contributed by atoms with Gasteiger partial charge in [0.2, 0.25) is 6.67 Å². The van der Waals surface area contributed by atoms with Crippen molar-refractivity contribution in [2.75, 3.05) is 48.5 Å². The topological polar surface area (TPSA) is 137 Å². The van der Waals surface area contributed by atoms with E-state index in [2.05, 4.69) is 30.8 Å². The molecule has 1 saturated heterocycles. The van der Waals surface area contributed by atoms with Crippen molar-refractivity contribution in [2.24, 2.45) is 4.99 Å². The Morgan fingerprint density at radius 3 is 2.67 bits per heavy atom. The molecule has 6 rings (SSSR count). The Labute approximate surface area is 244 Å². The molecule has 219 valence electrons. The Bertz CT molecular complexity index is 1410. The summed E-state index contributed by atoms with van der Waals surface area (Å²) in [5.74, 6) is 1.31. The van der Waals surface area contributed by atoms with Crippen LogP contribution in [0.4, 0.5) is 22.0 Å². The van der Waals surface area contributed by atoms with Crippen molar-refractivity contribution < 1.29 is 19.4 Å². The third kappa shape index (κ3) is 6.15. The van der Waals surface area contributed by atoms with Crippen LogP contribution in [0.1, 0.15) is 41.6 Å². The number of aliphatic hydroxyl groups excluding tert-OH is 1. The number of anilines is 3. The number of amidine groups is 1. The van der Waals surface area contributed by atoms with Gasteiger partial charge in [0.25, 0.3) is 5.91 Å². The van der Waals surface area contributed by atoms with E-state index in [1.54, 1.807) is 29.4 Å². The number of benzene rings is 1. The number of aromatic nitrogens is 1. The van der Waals surface area contributed by atoms with Gasteiger partial charge in [-0.25, -0.2) is 9.78 Å². The Morgan fingerprint density at radius 2 is 1.90 bits per heavy atom. The van der Waals surface area contributed by atoms with Gasteiger partial charge >= 0.3 is 11.9 Å². The molecule has 0 bridgehead atoms. The van der Waals surface area contributed by atoms with Crippen LogP contribution in [0.5, 0.6) is 0 Å². The third-order valence-corrected chi connectivity index (χ3v) is 8.01. The second-order valence-corrected chi connectivity index (χ2v) is 10.9. The van der Waals surface area contributed by atoms with Crippen molar-refractivity contribution in [1.29, 1.82) is 0 Å². The summed E-state index contributed by atoms with van der Waals surface area (Å²) >= 11 is 0. The second kappa shape index (κ2) is 12.3. The van der Waals surface area contributed by atoms with Crippen LogP contribution in [0.3, 0.4) is 0 Å². The maximum Gasteiger partial charge on any atom is 0.319 e. The number of carbonyl (C=O) groups excluding carboxylic acids is 2. The van der Waals surface area contributed by atoms with Crippen LogP contribution >= 0.6 is 0 Å². The molecule has 42 heavy (non-hydrogen) atoms. The molecule has 0 unspecified atom stereocenters. The number of carbonyl (C=O) groups is 2. The highest BCUT2D eigenvalue weighted by Crippen LogP contribution is 2.30. The minimum atomic E-state index is -0.266. The maximum atomic E-state index is 12.8. The Hall–Kier alpha value is -4.26. The highest BCUT2D eigenvalue weighted by molar-refractivity contribution is 6.06.